The van der Waals surface area contributed by atoms with Crippen molar-refractivity contribution in [3.8, 4) is 11.8 Å². The Balaban J connectivity index is 1.51. The van der Waals surface area contributed by atoms with Gasteiger partial charge in [0.25, 0.3) is 11.8 Å². The van der Waals surface area contributed by atoms with Crippen molar-refractivity contribution in [1.29, 1.82) is 0 Å². The van der Waals surface area contributed by atoms with Gasteiger partial charge < -0.3 is 21.1 Å². The third-order valence-electron chi connectivity index (χ3n) is 7.06. The summed E-state index contributed by atoms with van der Waals surface area (Å²) in [6, 6.07) is 12.8. The molecule has 5 unspecified atom stereocenters. The van der Waals surface area contributed by atoms with Gasteiger partial charge in [-0.2, -0.15) is 0 Å². The van der Waals surface area contributed by atoms with E-state index >= 15 is 0 Å². The maximum absolute atomic E-state index is 12.4. The minimum absolute atomic E-state index is 0.0739. The minimum Gasteiger partial charge on any atom is -0.391 e. The van der Waals surface area contributed by atoms with Gasteiger partial charge in [-0.25, -0.2) is 5.48 Å². The van der Waals surface area contributed by atoms with Crippen LogP contribution in [0.2, 0.25) is 0 Å². The average Bonchev–Trinajstić information content (AvgIpc) is 2.91. The van der Waals surface area contributed by atoms with Crippen molar-refractivity contribution in [2.45, 2.75) is 58.2 Å². The number of hydrogen-bond donors (Lipinski definition) is 6. The lowest BCUT2D eigenvalue weighted by Gasteiger charge is -2.34. The monoisotopic (exact) mass is 520 g/mol. The second kappa shape index (κ2) is 13.7. The van der Waals surface area contributed by atoms with Crippen LogP contribution in [-0.2, 0) is 9.59 Å². The normalized spacial score (nSPS) is 20.3. The zero-order valence-electron chi connectivity index (χ0n) is 22.0. The van der Waals surface area contributed by atoms with Gasteiger partial charge in [0.1, 0.15) is 6.04 Å². The molecule has 1 aliphatic rings. The second-order valence-electron chi connectivity index (χ2n) is 9.88. The summed E-state index contributed by atoms with van der Waals surface area (Å²) in [5.74, 6) is 5.74. The van der Waals surface area contributed by atoms with Gasteiger partial charge in [0.2, 0.25) is 5.91 Å². The lowest BCUT2D eigenvalue weighted by molar-refractivity contribution is -0.133. The Kier molecular flexibility index (Phi) is 10.4. The molecule has 0 aromatic heterocycles. The first-order chi connectivity index (χ1) is 18.2. The van der Waals surface area contributed by atoms with Gasteiger partial charge in [-0.15, -0.1) is 0 Å². The molecule has 0 aliphatic heterocycles. The average molecular weight is 521 g/mol. The van der Waals surface area contributed by atoms with E-state index in [9.17, 15) is 19.5 Å². The van der Waals surface area contributed by atoms with Gasteiger partial charge in [0, 0.05) is 28.4 Å². The van der Waals surface area contributed by atoms with Crippen molar-refractivity contribution < 1.29 is 24.7 Å². The van der Waals surface area contributed by atoms with E-state index in [-0.39, 0.29) is 18.0 Å². The van der Waals surface area contributed by atoms with Crippen LogP contribution in [0.15, 0.2) is 48.5 Å². The number of aliphatic hydroxyl groups excluding tert-OH is 1. The van der Waals surface area contributed by atoms with Gasteiger partial charge in [-0.3, -0.25) is 19.6 Å². The van der Waals surface area contributed by atoms with E-state index in [1.54, 1.807) is 24.3 Å². The van der Waals surface area contributed by atoms with Gasteiger partial charge in [-0.05, 0) is 73.7 Å². The number of carbonyl (C=O) groups excluding carboxylic acids is 3. The van der Waals surface area contributed by atoms with Crippen molar-refractivity contribution in [1.82, 2.24) is 16.1 Å². The van der Waals surface area contributed by atoms with E-state index in [1.807, 2.05) is 24.3 Å². The zero-order valence-corrected chi connectivity index (χ0v) is 22.0. The molecule has 0 radical (unpaired) electrons. The lowest BCUT2D eigenvalue weighted by Crippen LogP contribution is -2.51. The van der Waals surface area contributed by atoms with Crippen LogP contribution < -0.4 is 21.4 Å². The lowest BCUT2D eigenvalue weighted by atomic mass is 9.78. The summed E-state index contributed by atoms with van der Waals surface area (Å²) >= 11 is 0. The van der Waals surface area contributed by atoms with Gasteiger partial charge in [-0.1, -0.05) is 38.5 Å². The van der Waals surface area contributed by atoms with Crippen LogP contribution in [0.1, 0.15) is 61.5 Å². The van der Waals surface area contributed by atoms with Crippen LogP contribution in [0.3, 0.4) is 0 Å². The quantitative estimate of drug-likeness (QED) is 0.180. The molecule has 3 rings (SSSR count). The van der Waals surface area contributed by atoms with E-state index in [1.165, 1.54) is 25.2 Å². The number of benzene rings is 2. The molecule has 1 fully saturated rings. The number of hydroxylamine groups is 1. The second-order valence-corrected chi connectivity index (χ2v) is 9.88. The third-order valence-corrected chi connectivity index (χ3v) is 7.06. The number of anilines is 1. The number of amides is 3. The Morgan fingerprint density at radius 3 is 2.16 bits per heavy atom. The molecular weight excluding hydrogens is 484 g/mol. The first-order valence-corrected chi connectivity index (χ1v) is 12.9. The predicted molar refractivity (Wildman–Crippen MR) is 144 cm³/mol. The highest BCUT2D eigenvalue weighted by molar-refractivity contribution is 5.97. The van der Waals surface area contributed by atoms with Gasteiger partial charge in [0.15, 0.2) is 0 Å². The van der Waals surface area contributed by atoms with Crippen molar-refractivity contribution >= 4 is 23.4 Å². The Labute approximate surface area is 223 Å². The maximum Gasteiger partial charge on any atom is 0.268 e. The molecule has 202 valence electrons. The van der Waals surface area contributed by atoms with Gasteiger partial charge in [0.05, 0.1) is 12.6 Å². The molecule has 6 N–H and O–H groups in total. The Morgan fingerprint density at radius 1 is 0.974 bits per heavy atom. The number of nitrogens with one attached hydrogen (secondary N) is 4. The standard InChI is InChI=1S/C29H36N4O5/c1-18-5-4-6-25(19(18)2)30-17-26(35)31-24-15-11-22(12-16-24)8-7-21-9-13-23(14-10-21)28(36)32-27(20(3)34)29(37)33-38/h9-16,18-20,25,27,30,34,38H,4-6,17H2,1-3H3,(H,31,35)(H,32,36)(H,33,37). The van der Waals surface area contributed by atoms with E-state index in [0.29, 0.717) is 29.1 Å². The van der Waals surface area contributed by atoms with E-state index in [0.717, 1.165) is 12.0 Å². The van der Waals surface area contributed by atoms with Crippen molar-refractivity contribution in [3.63, 3.8) is 0 Å². The molecule has 1 saturated carbocycles. The molecule has 0 bridgehead atoms. The van der Waals surface area contributed by atoms with Gasteiger partial charge >= 0.3 is 0 Å². The summed E-state index contributed by atoms with van der Waals surface area (Å²) in [6.45, 7) is 6.14. The first-order valence-electron chi connectivity index (χ1n) is 12.9. The largest absolute Gasteiger partial charge is 0.391 e. The predicted octanol–water partition coefficient (Wildman–Crippen LogP) is 2.42. The summed E-state index contributed by atoms with van der Waals surface area (Å²) < 4.78 is 0. The highest BCUT2D eigenvalue weighted by atomic mass is 16.5. The summed E-state index contributed by atoms with van der Waals surface area (Å²) in [7, 11) is 0. The SMILES string of the molecule is CC(O)C(NC(=O)c1ccc(C#Cc2ccc(NC(=O)CNC3CCCC(C)C3C)cc2)cc1)C(=O)NO. The Hall–Kier alpha value is -3.71. The first kappa shape index (κ1) is 28.9. The van der Waals surface area contributed by atoms with Crippen molar-refractivity contribution in [2.75, 3.05) is 11.9 Å². The summed E-state index contributed by atoms with van der Waals surface area (Å²) in [6.07, 6.45) is 2.36. The van der Waals surface area contributed by atoms with Crippen LogP contribution in [0.25, 0.3) is 0 Å². The molecule has 5 atom stereocenters. The third kappa shape index (κ3) is 8.15. The molecule has 0 saturated heterocycles. The number of carbonyl (C=O) groups is 3. The number of aliphatic hydroxyl groups is 1. The minimum atomic E-state index is -1.29. The maximum atomic E-state index is 12.4. The fraction of sp³-hybridized carbons (Fsp3) is 0.414. The Morgan fingerprint density at radius 2 is 1.58 bits per heavy atom. The van der Waals surface area contributed by atoms with Crippen LogP contribution in [0.4, 0.5) is 5.69 Å². The van der Waals surface area contributed by atoms with Crippen molar-refractivity contribution in [2.24, 2.45) is 11.8 Å². The number of rotatable bonds is 8. The summed E-state index contributed by atoms with van der Waals surface area (Å²) in [5.41, 5.74) is 3.84. The Bertz CT molecular complexity index is 1170. The summed E-state index contributed by atoms with van der Waals surface area (Å²) in [5, 5.41) is 27.1. The molecule has 0 spiro atoms. The van der Waals surface area contributed by atoms with Crippen LogP contribution in [0, 0.1) is 23.7 Å². The highest BCUT2D eigenvalue weighted by Gasteiger charge is 2.27. The fourth-order valence-corrected chi connectivity index (χ4v) is 4.48. The van der Waals surface area contributed by atoms with Crippen LogP contribution in [-0.4, -0.2) is 52.8 Å². The molecule has 38 heavy (non-hydrogen) atoms. The van der Waals surface area contributed by atoms with E-state index in [4.69, 9.17) is 5.21 Å². The summed E-state index contributed by atoms with van der Waals surface area (Å²) in [4.78, 5) is 36.4. The van der Waals surface area contributed by atoms with Crippen molar-refractivity contribution in [3.05, 3.63) is 65.2 Å². The molecule has 3 amide bonds. The zero-order chi connectivity index (χ0) is 27.7. The topological polar surface area (TPSA) is 140 Å². The molecule has 9 heteroatoms. The molecule has 9 nitrogen and oxygen atoms in total. The smallest absolute Gasteiger partial charge is 0.268 e. The molecule has 2 aromatic carbocycles. The molecule has 0 heterocycles. The molecular formula is C29H36N4O5. The number of hydrogen-bond acceptors (Lipinski definition) is 6. The highest BCUT2D eigenvalue weighted by Crippen LogP contribution is 2.29. The van der Waals surface area contributed by atoms with Crippen LogP contribution >= 0.6 is 0 Å². The fourth-order valence-electron chi connectivity index (χ4n) is 4.48. The van der Waals surface area contributed by atoms with E-state index in [2.05, 4.69) is 41.6 Å². The van der Waals surface area contributed by atoms with Crippen LogP contribution in [0.5, 0.6) is 0 Å². The molecule has 2 aromatic rings. The molecule has 1 aliphatic carbocycles. The van der Waals surface area contributed by atoms with E-state index < -0.39 is 24.0 Å².